The van der Waals surface area contributed by atoms with Crippen LogP contribution in [0, 0.1) is 40.4 Å². The molecule has 0 aromatic carbocycles. The number of carbonyl (C=O) groups excluding carboxylic acids is 4. The smallest absolute Gasteiger partial charge is 0.309 e. The van der Waals surface area contributed by atoms with Gasteiger partial charge in [-0.2, -0.15) is 4.89 Å². The Balaban J connectivity index is 1.68. The van der Waals surface area contributed by atoms with Crippen molar-refractivity contribution in [1.82, 2.24) is 0 Å². The Morgan fingerprint density at radius 3 is 2.20 bits per heavy atom. The molecular weight excluding hydrogens is 624 g/mol. The average Bonchev–Trinajstić information content (AvgIpc) is 3.46. The first-order valence-electron chi connectivity index (χ1n) is 18.5. The molecule has 0 radical (unpaired) electrons. The van der Waals surface area contributed by atoms with Crippen molar-refractivity contribution in [2.75, 3.05) is 0 Å². The van der Waals surface area contributed by atoms with Crippen LogP contribution in [0.15, 0.2) is 35.6 Å². The third kappa shape index (κ3) is 6.41. The second-order valence-corrected chi connectivity index (χ2v) is 16.4. The maximum atomic E-state index is 15.0. The van der Waals surface area contributed by atoms with Gasteiger partial charge in [0.05, 0.1) is 11.3 Å². The van der Waals surface area contributed by atoms with Crippen molar-refractivity contribution >= 4 is 23.3 Å². The Kier molecular flexibility index (Phi) is 11.6. The van der Waals surface area contributed by atoms with Gasteiger partial charge in [-0.25, -0.2) is 0 Å². The number of fused-ring (bicyclic) bond motifs is 3. The van der Waals surface area contributed by atoms with E-state index in [1.165, 1.54) is 38.2 Å². The molecule has 1 unspecified atom stereocenters. The van der Waals surface area contributed by atoms with Gasteiger partial charge in [0.25, 0.3) is 0 Å². The lowest BCUT2D eigenvalue weighted by Crippen LogP contribution is -2.66. The van der Waals surface area contributed by atoms with Crippen molar-refractivity contribution in [2.45, 2.75) is 150 Å². The first-order chi connectivity index (χ1) is 22.9. The van der Waals surface area contributed by atoms with E-state index in [0.717, 1.165) is 26.2 Å². The Morgan fingerprint density at radius 1 is 1.04 bits per heavy atom. The highest BCUT2D eigenvalue weighted by Gasteiger charge is 2.83. The van der Waals surface area contributed by atoms with Gasteiger partial charge < -0.3 is 19.8 Å². The minimum absolute atomic E-state index is 0.0740. The number of aliphatic hydroxyl groups is 2. The van der Waals surface area contributed by atoms with Crippen LogP contribution >= 0.6 is 0 Å². The normalized spacial score (nSPS) is 34.9. The number of aliphatic hydroxyl groups excluding tert-OH is 1. The largest absolute Gasteiger partial charge is 0.454 e. The van der Waals surface area contributed by atoms with Crippen LogP contribution in [0.4, 0.5) is 0 Å². The fourth-order valence-electron chi connectivity index (χ4n) is 9.16. The number of allylic oxidation sites excluding steroid dienone is 2. The van der Waals surface area contributed by atoms with Gasteiger partial charge in [-0.15, -0.1) is 0 Å². The summed E-state index contributed by atoms with van der Waals surface area (Å²) >= 11 is 0. The number of carbonyl (C=O) groups is 4. The fraction of sp³-hybridized carbons (Fsp3) is 0.750. The van der Waals surface area contributed by atoms with E-state index in [-0.39, 0.29) is 17.9 Å². The maximum Gasteiger partial charge on any atom is 0.309 e. The zero-order chi connectivity index (χ0) is 36.7. The van der Waals surface area contributed by atoms with Gasteiger partial charge in [0.15, 0.2) is 23.3 Å². The molecule has 9 atom stereocenters. The van der Waals surface area contributed by atoms with Crippen LogP contribution in [0.25, 0.3) is 0 Å². The Morgan fingerprint density at radius 2 is 1.63 bits per heavy atom. The van der Waals surface area contributed by atoms with Crippen molar-refractivity contribution in [3.05, 3.63) is 35.6 Å². The topological polar surface area (TPSA) is 136 Å². The monoisotopic (exact) mass is 684 g/mol. The lowest BCUT2D eigenvalue weighted by molar-refractivity contribution is -0.323. The number of esters is 1. The second-order valence-electron chi connectivity index (χ2n) is 16.4. The van der Waals surface area contributed by atoms with Gasteiger partial charge in [-0.3, -0.25) is 19.2 Å². The van der Waals surface area contributed by atoms with Crippen LogP contribution in [0.2, 0.25) is 0 Å². The molecule has 0 saturated heterocycles. The molecule has 0 heterocycles. The average molecular weight is 685 g/mol. The molecule has 0 aliphatic heterocycles. The van der Waals surface area contributed by atoms with Crippen molar-refractivity contribution in [3.8, 4) is 0 Å². The highest BCUT2D eigenvalue weighted by atomic mass is 17.2. The van der Waals surface area contributed by atoms with Gasteiger partial charge in [0.2, 0.25) is 5.78 Å². The second kappa shape index (κ2) is 14.5. The molecule has 9 heteroatoms. The van der Waals surface area contributed by atoms with Crippen molar-refractivity contribution < 1.29 is 43.9 Å². The van der Waals surface area contributed by atoms with E-state index < -0.39 is 81.2 Å². The molecular formula is C40H60O9. The summed E-state index contributed by atoms with van der Waals surface area (Å²) in [4.78, 5) is 66.6. The van der Waals surface area contributed by atoms with E-state index in [9.17, 15) is 24.6 Å². The van der Waals surface area contributed by atoms with Crippen molar-refractivity contribution in [2.24, 2.45) is 40.4 Å². The number of unbranched alkanes of at least 4 members (excludes halogenated alkanes) is 7. The zero-order valence-corrected chi connectivity index (χ0v) is 31.2. The highest BCUT2D eigenvalue weighted by molar-refractivity contribution is 6.43. The molecule has 2 bridgehead atoms. The first kappa shape index (κ1) is 39.2. The van der Waals surface area contributed by atoms with Gasteiger partial charge in [0.1, 0.15) is 17.5 Å². The summed E-state index contributed by atoms with van der Waals surface area (Å²) in [5.41, 5.74) is -5.84. The minimum Gasteiger partial charge on any atom is -0.454 e. The lowest BCUT2D eigenvalue weighted by atomic mass is 9.58. The molecule has 4 aliphatic carbocycles. The van der Waals surface area contributed by atoms with Gasteiger partial charge in [-0.05, 0) is 37.2 Å². The lowest BCUT2D eigenvalue weighted by Gasteiger charge is -2.49. The molecule has 2 fully saturated rings. The predicted octanol–water partition coefficient (Wildman–Crippen LogP) is 6.94. The molecule has 0 aromatic rings. The summed E-state index contributed by atoms with van der Waals surface area (Å²) in [6.45, 7) is 20.3. The third-order valence-electron chi connectivity index (χ3n) is 12.6. The van der Waals surface area contributed by atoms with Crippen LogP contribution in [-0.4, -0.2) is 56.9 Å². The van der Waals surface area contributed by atoms with E-state index in [1.807, 2.05) is 34.6 Å². The van der Waals surface area contributed by atoms with Crippen LogP contribution in [0.5, 0.6) is 0 Å². The van der Waals surface area contributed by atoms with E-state index >= 15 is 4.79 Å². The molecule has 4 rings (SSSR count). The number of hydrogen-bond acceptors (Lipinski definition) is 9. The summed E-state index contributed by atoms with van der Waals surface area (Å²) in [6, 6.07) is 0. The SMILES string of the molecule is C=C(CCCCCCCCCC)OO[C@@]12C[C@@H](C)[C@]34C=C(C)[C@H](OC(=O)C(C)C(C)C)[C@@]3(O)[C@H](O)C(C(=O)C(C)=O)=C[C@H](C4=O)[C@@H]1C2(C)C. The summed E-state index contributed by atoms with van der Waals surface area (Å²) in [5.74, 6) is -5.19. The molecule has 2 N–H and O–H groups in total. The molecule has 0 amide bonds. The van der Waals surface area contributed by atoms with Crippen molar-refractivity contribution in [1.29, 1.82) is 0 Å². The number of ether oxygens (including phenoxy) is 1. The Labute approximate surface area is 292 Å². The molecule has 0 aromatic heterocycles. The number of Topliss-reactive ketones (excluding diaryl/α,β-unsaturated/α-hetero) is 3. The third-order valence-corrected chi connectivity index (χ3v) is 12.6. The fourth-order valence-corrected chi connectivity index (χ4v) is 9.16. The molecule has 9 nitrogen and oxygen atoms in total. The van der Waals surface area contributed by atoms with Gasteiger partial charge in [0, 0.05) is 36.2 Å². The summed E-state index contributed by atoms with van der Waals surface area (Å²) in [7, 11) is 0. The number of ketones is 3. The van der Waals surface area contributed by atoms with E-state index in [2.05, 4.69) is 13.5 Å². The first-order valence-corrected chi connectivity index (χ1v) is 18.5. The summed E-state index contributed by atoms with van der Waals surface area (Å²) in [6.07, 6.45) is 9.84. The van der Waals surface area contributed by atoms with Gasteiger partial charge in [-0.1, -0.05) is 112 Å². The van der Waals surface area contributed by atoms with Crippen LogP contribution in [0.1, 0.15) is 127 Å². The molecule has 2 saturated carbocycles. The van der Waals surface area contributed by atoms with Crippen LogP contribution < -0.4 is 0 Å². The highest BCUT2D eigenvalue weighted by Crippen LogP contribution is 2.75. The maximum absolute atomic E-state index is 15.0. The molecule has 49 heavy (non-hydrogen) atoms. The Hall–Kier alpha value is -2.62. The standard InChI is InChI=1S/C40H60O9/c1-11-12-13-14-15-16-17-18-19-26(6)48-49-39-22-25(5)38-21-24(4)35(47-36(45)27(7)23(2)3)40(38,46)34(44)29(31(42)28(8)41)20-30(33(38)43)32(39)37(39,9)10/h20-21,23,25,27,30,32,34-35,44,46H,6,11-19,22H2,1-5,7-10H3/t25-,27?,30+,32-,34-,35+,38+,39+,40+/m1/s1. The van der Waals surface area contributed by atoms with Crippen LogP contribution in [0.3, 0.4) is 0 Å². The summed E-state index contributed by atoms with van der Waals surface area (Å²) in [5, 5.41) is 24.9. The summed E-state index contributed by atoms with van der Waals surface area (Å²) < 4.78 is 5.96. The van der Waals surface area contributed by atoms with E-state index in [4.69, 9.17) is 14.5 Å². The zero-order valence-electron chi connectivity index (χ0n) is 31.2. The minimum atomic E-state index is -2.46. The molecule has 1 spiro atoms. The number of rotatable bonds is 17. The molecule has 4 aliphatic rings. The quantitative estimate of drug-likeness (QED) is 0.0318. The van der Waals surface area contributed by atoms with E-state index in [0.29, 0.717) is 17.8 Å². The predicted molar refractivity (Wildman–Crippen MR) is 186 cm³/mol. The van der Waals surface area contributed by atoms with Gasteiger partial charge >= 0.3 is 5.97 Å². The molecule has 274 valence electrons. The Bertz CT molecular complexity index is 1390. The van der Waals surface area contributed by atoms with Crippen LogP contribution in [-0.2, 0) is 33.7 Å². The number of hydrogen-bond donors (Lipinski definition) is 2. The van der Waals surface area contributed by atoms with Crippen molar-refractivity contribution in [3.63, 3.8) is 0 Å². The van der Waals surface area contributed by atoms with E-state index in [1.54, 1.807) is 19.9 Å².